The molecule has 0 bridgehead atoms. The Morgan fingerprint density at radius 1 is 0.767 bits per heavy atom. The van der Waals surface area contributed by atoms with Crippen LogP contribution in [-0.4, -0.2) is 41.0 Å². The van der Waals surface area contributed by atoms with Crippen molar-refractivity contribution in [1.82, 2.24) is 0 Å². The van der Waals surface area contributed by atoms with Gasteiger partial charge in [-0.15, -0.1) is 12.8 Å². The number of esters is 2. The SMILES string of the molecule is C#CC#CC#CC#CC(=O)OC[C@H](COP(=O)(O)O)OC(=O)C#CC#CC#CC#C. The second-order valence-electron chi connectivity index (χ2n) is 4.20. The lowest BCUT2D eigenvalue weighted by Crippen LogP contribution is -2.28. The Morgan fingerprint density at radius 2 is 1.23 bits per heavy atom. The van der Waals surface area contributed by atoms with Gasteiger partial charge in [-0.3, -0.25) is 4.52 Å². The van der Waals surface area contributed by atoms with Gasteiger partial charge in [0.05, 0.1) is 6.61 Å². The number of terminal acetylenes is 2. The number of carbonyl (C=O) groups is 2. The van der Waals surface area contributed by atoms with E-state index in [0.29, 0.717) is 0 Å². The molecule has 30 heavy (non-hydrogen) atoms. The predicted octanol–water partition coefficient (Wildman–Crippen LogP) is -1.16. The molecule has 0 heterocycles. The van der Waals surface area contributed by atoms with Crippen LogP contribution in [0.3, 0.4) is 0 Å². The van der Waals surface area contributed by atoms with Gasteiger partial charge in [0.1, 0.15) is 6.61 Å². The third kappa shape index (κ3) is 17.0. The number of carbonyl (C=O) groups excluding carboxylic acids is 2. The first-order valence-electron chi connectivity index (χ1n) is 7.29. The molecule has 0 aromatic carbocycles. The van der Waals surface area contributed by atoms with Gasteiger partial charge in [0.15, 0.2) is 6.10 Å². The maximum Gasteiger partial charge on any atom is 0.469 e. The monoisotopic (exact) mass is 420 g/mol. The van der Waals surface area contributed by atoms with Gasteiger partial charge >= 0.3 is 19.8 Å². The molecule has 0 aliphatic heterocycles. The predicted molar refractivity (Wildman–Crippen MR) is 103 cm³/mol. The first-order chi connectivity index (χ1) is 14.3. The highest BCUT2D eigenvalue weighted by Gasteiger charge is 2.22. The molecule has 0 spiro atoms. The van der Waals surface area contributed by atoms with Crippen molar-refractivity contribution in [3.63, 3.8) is 0 Å². The topological polar surface area (TPSA) is 119 Å². The summed E-state index contributed by atoms with van der Waals surface area (Å²) in [4.78, 5) is 40.6. The zero-order chi connectivity index (χ0) is 22.7. The highest BCUT2D eigenvalue weighted by Crippen LogP contribution is 2.35. The summed E-state index contributed by atoms with van der Waals surface area (Å²) in [6, 6.07) is 0. The zero-order valence-electron chi connectivity index (χ0n) is 14.9. The Kier molecular flexibility index (Phi) is 13.3. The largest absolute Gasteiger partial charge is 0.469 e. The first kappa shape index (κ1) is 25.5. The summed E-state index contributed by atoms with van der Waals surface area (Å²) in [6.45, 7) is -1.43. The molecule has 1 atom stereocenters. The van der Waals surface area contributed by atoms with E-state index in [0.717, 1.165) is 0 Å². The van der Waals surface area contributed by atoms with Crippen LogP contribution in [0.5, 0.6) is 0 Å². The molecular formula is C21H9O8P. The molecular weight excluding hydrogens is 411 g/mol. The third-order valence-corrected chi connectivity index (χ3v) is 2.56. The summed E-state index contributed by atoms with van der Waals surface area (Å²) < 4.78 is 24.5. The van der Waals surface area contributed by atoms with E-state index < -0.39 is 39.1 Å². The van der Waals surface area contributed by atoms with Crippen LogP contribution in [0.15, 0.2) is 0 Å². The van der Waals surface area contributed by atoms with Gasteiger partial charge in [-0.1, -0.05) is 0 Å². The molecule has 0 aromatic rings. The van der Waals surface area contributed by atoms with Gasteiger partial charge in [-0.2, -0.15) is 0 Å². The molecule has 0 saturated carbocycles. The van der Waals surface area contributed by atoms with Crippen LogP contribution in [0.1, 0.15) is 0 Å². The fraction of sp³-hybridized carbons (Fsp3) is 0.143. The minimum absolute atomic E-state index is 0.634. The van der Waals surface area contributed by atoms with Crippen LogP contribution in [0, 0.1) is 95.7 Å². The van der Waals surface area contributed by atoms with E-state index in [1.165, 1.54) is 0 Å². The second-order valence-corrected chi connectivity index (χ2v) is 5.44. The minimum atomic E-state index is -4.87. The summed E-state index contributed by atoms with van der Waals surface area (Å²) in [5, 5.41) is 0. The Bertz CT molecular complexity index is 1170. The fourth-order valence-corrected chi connectivity index (χ4v) is 1.47. The molecule has 0 amide bonds. The van der Waals surface area contributed by atoms with Crippen molar-refractivity contribution in [2.75, 3.05) is 13.2 Å². The molecule has 9 heteroatoms. The molecule has 2 N–H and O–H groups in total. The van der Waals surface area contributed by atoms with Gasteiger partial charge in [0.25, 0.3) is 0 Å². The highest BCUT2D eigenvalue weighted by molar-refractivity contribution is 7.46. The average molecular weight is 420 g/mol. The molecule has 146 valence electrons. The average Bonchev–Trinajstić information content (AvgIpc) is 2.68. The van der Waals surface area contributed by atoms with Gasteiger partial charge in [0, 0.05) is 11.8 Å². The Morgan fingerprint density at radius 3 is 1.73 bits per heavy atom. The summed E-state index contributed by atoms with van der Waals surface area (Å²) in [5.41, 5.74) is 0. The molecule has 0 saturated heterocycles. The van der Waals surface area contributed by atoms with Crippen molar-refractivity contribution in [1.29, 1.82) is 0 Å². The number of hydrogen-bond donors (Lipinski definition) is 2. The Hall–Kier alpha value is -4.47. The molecule has 0 aliphatic carbocycles. The molecule has 0 radical (unpaired) electrons. The van der Waals surface area contributed by atoms with E-state index in [4.69, 9.17) is 32.1 Å². The van der Waals surface area contributed by atoms with E-state index in [9.17, 15) is 14.2 Å². The van der Waals surface area contributed by atoms with Gasteiger partial charge in [-0.05, 0) is 71.0 Å². The third-order valence-electron chi connectivity index (χ3n) is 2.08. The minimum Gasteiger partial charge on any atom is -0.452 e. The second kappa shape index (κ2) is 15.6. The maximum absolute atomic E-state index is 11.6. The molecule has 0 fully saturated rings. The van der Waals surface area contributed by atoms with Crippen LogP contribution in [0.25, 0.3) is 0 Å². The van der Waals surface area contributed by atoms with Gasteiger partial charge in [0.2, 0.25) is 0 Å². The lowest BCUT2D eigenvalue weighted by atomic mass is 10.4. The number of phosphoric acid groups is 1. The van der Waals surface area contributed by atoms with Crippen LogP contribution >= 0.6 is 7.82 Å². The Labute approximate surface area is 173 Å². The summed E-state index contributed by atoms with van der Waals surface area (Å²) >= 11 is 0. The van der Waals surface area contributed by atoms with E-state index in [1.54, 1.807) is 0 Å². The van der Waals surface area contributed by atoms with Crippen LogP contribution in [0.2, 0.25) is 0 Å². The maximum atomic E-state index is 11.6. The van der Waals surface area contributed by atoms with Crippen molar-refractivity contribution in [3.05, 3.63) is 0 Å². The van der Waals surface area contributed by atoms with E-state index in [2.05, 4.69) is 63.7 Å². The lowest BCUT2D eigenvalue weighted by Gasteiger charge is -2.16. The summed E-state index contributed by atoms with van der Waals surface area (Å²) in [5.74, 6) is 27.9. The molecule has 0 unspecified atom stereocenters. The number of phosphoric ester groups is 1. The quantitative estimate of drug-likeness (QED) is 0.239. The Balaban J connectivity index is 4.95. The van der Waals surface area contributed by atoms with Crippen LogP contribution in [-0.2, 0) is 28.2 Å². The van der Waals surface area contributed by atoms with Crippen molar-refractivity contribution in [2.45, 2.75) is 6.10 Å². The normalized spacial score (nSPS) is 8.67. The van der Waals surface area contributed by atoms with Crippen molar-refractivity contribution in [2.24, 2.45) is 0 Å². The molecule has 0 rings (SSSR count). The van der Waals surface area contributed by atoms with E-state index in [1.807, 2.05) is 23.7 Å². The molecule has 0 aromatic heterocycles. The van der Waals surface area contributed by atoms with Crippen molar-refractivity contribution in [3.8, 4) is 95.7 Å². The van der Waals surface area contributed by atoms with E-state index in [-0.39, 0.29) is 0 Å². The first-order valence-corrected chi connectivity index (χ1v) is 8.82. The van der Waals surface area contributed by atoms with Crippen molar-refractivity contribution < 1.29 is 37.9 Å². The van der Waals surface area contributed by atoms with Gasteiger partial charge in [-0.25, -0.2) is 14.2 Å². The number of rotatable bonds is 6. The van der Waals surface area contributed by atoms with E-state index >= 15 is 0 Å². The summed E-state index contributed by atoms with van der Waals surface area (Å²) in [7, 11) is -4.87. The highest BCUT2D eigenvalue weighted by atomic mass is 31.2. The molecule has 0 aliphatic rings. The smallest absolute Gasteiger partial charge is 0.452 e. The fourth-order valence-electron chi connectivity index (χ4n) is 1.11. The van der Waals surface area contributed by atoms with Gasteiger partial charge < -0.3 is 19.3 Å². The number of ether oxygens (including phenoxy) is 2. The number of hydrogen-bond acceptors (Lipinski definition) is 6. The summed E-state index contributed by atoms with van der Waals surface area (Å²) in [6.07, 6.45) is 8.35. The van der Waals surface area contributed by atoms with Crippen LogP contribution < -0.4 is 0 Å². The van der Waals surface area contributed by atoms with Crippen molar-refractivity contribution >= 4 is 19.8 Å². The lowest BCUT2D eigenvalue weighted by molar-refractivity contribution is -0.153. The standard InChI is InChI=1S/C21H9O8P/c1-3-5-7-9-11-13-15-20(22)27-17-19(18-28-30(24,25)26)29-21(23)16-14-12-10-8-6-4-2/h1-2,19H,17-18H2,(H2,24,25,26)/t19-/m1/s1. The zero-order valence-corrected chi connectivity index (χ0v) is 15.8. The molecule has 8 nitrogen and oxygen atoms in total. The van der Waals surface area contributed by atoms with Crippen LogP contribution in [0.4, 0.5) is 0 Å².